The van der Waals surface area contributed by atoms with Gasteiger partial charge in [0.1, 0.15) is 5.72 Å². The van der Waals surface area contributed by atoms with Crippen LogP contribution in [0.4, 0.5) is 0 Å². The number of ether oxygens (including phenoxy) is 1. The SMILES string of the molecule is C[C@@H]1CC[C@]2(NC1)O[C@H]1C[C@@H]3[C@H]4CC=C5C=CCC[C@]5(C)[C@@H]4CC[C@]3(C)[C@@H]1[C@H]2C. The highest BCUT2D eigenvalue weighted by atomic mass is 16.5. The lowest BCUT2D eigenvalue weighted by Gasteiger charge is -2.57. The maximum atomic E-state index is 7.01. The van der Waals surface area contributed by atoms with Crippen molar-refractivity contribution in [3.63, 3.8) is 0 Å². The minimum absolute atomic E-state index is 0.0214. The number of allylic oxidation sites excluding steroid dienone is 4. The van der Waals surface area contributed by atoms with Crippen LogP contribution in [0.15, 0.2) is 23.8 Å². The summed E-state index contributed by atoms with van der Waals surface area (Å²) in [6.07, 6.45) is 18.7. The molecular formula is C27H41NO. The van der Waals surface area contributed by atoms with Crippen LogP contribution in [0.3, 0.4) is 0 Å². The first-order valence-electron chi connectivity index (χ1n) is 12.7. The maximum Gasteiger partial charge on any atom is 0.122 e. The summed E-state index contributed by atoms with van der Waals surface area (Å²) in [7, 11) is 0. The summed E-state index contributed by atoms with van der Waals surface area (Å²) in [5.41, 5.74) is 2.56. The lowest BCUT2D eigenvalue weighted by atomic mass is 9.47. The molecule has 4 aliphatic carbocycles. The van der Waals surface area contributed by atoms with Gasteiger partial charge in [-0.25, -0.2) is 0 Å². The first-order chi connectivity index (χ1) is 13.9. The maximum absolute atomic E-state index is 7.01. The van der Waals surface area contributed by atoms with Gasteiger partial charge >= 0.3 is 0 Å². The molecule has 0 radical (unpaired) electrons. The Balaban J connectivity index is 1.30. The Labute approximate surface area is 177 Å². The smallest absolute Gasteiger partial charge is 0.122 e. The summed E-state index contributed by atoms with van der Waals surface area (Å²) in [6, 6.07) is 0. The van der Waals surface area contributed by atoms with Crippen LogP contribution in [0.25, 0.3) is 0 Å². The van der Waals surface area contributed by atoms with Gasteiger partial charge < -0.3 is 4.74 Å². The second-order valence-electron chi connectivity index (χ2n) is 12.3. The second-order valence-corrected chi connectivity index (χ2v) is 12.3. The molecule has 0 aromatic carbocycles. The average molecular weight is 396 g/mol. The molecule has 4 fully saturated rings. The van der Waals surface area contributed by atoms with Crippen molar-refractivity contribution in [2.45, 2.75) is 90.9 Å². The van der Waals surface area contributed by atoms with Crippen molar-refractivity contribution in [2.24, 2.45) is 46.3 Å². The Bertz CT molecular complexity index is 746. The fraction of sp³-hybridized carbons (Fsp3) is 0.852. The molecule has 29 heavy (non-hydrogen) atoms. The van der Waals surface area contributed by atoms with Gasteiger partial charge in [0.15, 0.2) is 0 Å². The van der Waals surface area contributed by atoms with Crippen LogP contribution in [0.1, 0.15) is 79.1 Å². The molecule has 0 bridgehead atoms. The molecule has 1 spiro atoms. The molecule has 2 saturated carbocycles. The van der Waals surface area contributed by atoms with Crippen LogP contribution in [0.5, 0.6) is 0 Å². The van der Waals surface area contributed by atoms with E-state index in [0.29, 0.717) is 22.9 Å². The molecule has 2 nitrogen and oxygen atoms in total. The van der Waals surface area contributed by atoms with Gasteiger partial charge in [-0.15, -0.1) is 0 Å². The van der Waals surface area contributed by atoms with Gasteiger partial charge in [-0.1, -0.05) is 45.9 Å². The van der Waals surface area contributed by atoms with Crippen molar-refractivity contribution < 1.29 is 4.74 Å². The van der Waals surface area contributed by atoms with Crippen LogP contribution >= 0.6 is 0 Å². The molecule has 1 N–H and O–H groups in total. The topological polar surface area (TPSA) is 21.3 Å². The third kappa shape index (κ3) is 2.42. The molecule has 0 amide bonds. The molecule has 0 aromatic rings. The number of hydrogen-bond acceptors (Lipinski definition) is 2. The molecule has 2 saturated heterocycles. The number of hydrogen-bond donors (Lipinski definition) is 1. The van der Waals surface area contributed by atoms with Crippen LogP contribution in [-0.2, 0) is 4.74 Å². The Morgan fingerprint density at radius 2 is 1.93 bits per heavy atom. The zero-order valence-corrected chi connectivity index (χ0v) is 19.0. The molecule has 6 aliphatic rings. The van der Waals surface area contributed by atoms with E-state index in [1.54, 1.807) is 5.57 Å². The molecule has 2 heteroatoms. The molecule has 6 rings (SSSR count). The molecule has 0 unspecified atom stereocenters. The third-order valence-corrected chi connectivity index (χ3v) is 11.1. The molecular weight excluding hydrogens is 354 g/mol. The summed E-state index contributed by atoms with van der Waals surface area (Å²) in [6.45, 7) is 11.3. The summed E-state index contributed by atoms with van der Waals surface area (Å²) in [5.74, 6) is 4.82. The van der Waals surface area contributed by atoms with E-state index >= 15 is 0 Å². The first-order valence-corrected chi connectivity index (χ1v) is 12.7. The van der Waals surface area contributed by atoms with E-state index in [9.17, 15) is 0 Å². The van der Waals surface area contributed by atoms with Crippen molar-refractivity contribution in [1.82, 2.24) is 5.32 Å². The van der Waals surface area contributed by atoms with Gasteiger partial charge in [-0.3, -0.25) is 5.32 Å². The van der Waals surface area contributed by atoms with Gasteiger partial charge in [0.25, 0.3) is 0 Å². The van der Waals surface area contributed by atoms with E-state index in [-0.39, 0.29) is 5.72 Å². The van der Waals surface area contributed by atoms with Gasteiger partial charge in [0, 0.05) is 12.5 Å². The Morgan fingerprint density at radius 3 is 2.72 bits per heavy atom. The minimum Gasteiger partial charge on any atom is -0.357 e. The Kier molecular flexibility index (Phi) is 4.10. The molecule has 160 valence electrons. The monoisotopic (exact) mass is 395 g/mol. The lowest BCUT2D eigenvalue weighted by Crippen LogP contribution is -2.56. The highest BCUT2D eigenvalue weighted by molar-refractivity contribution is 5.34. The van der Waals surface area contributed by atoms with Crippen LogP contribution in [0.2, 0.25) is 0 Å². The molecule has 10 atom stereocenters. The van der Waals surface area contributed by atoms with Crippen LogP contribution < -0.4 is 5.32 Å². The van der Waals surface area contributed by atoms with Gasteiger partial charge in [0.05, 0.1) is 6.10 Å². The van der Waals surface area contributed by atoms with Gasteiger partial charge in [-0.05, 0) is 97.4 Å². The van der Waals surface area contributed by atoms with E-state index < -0.39 is 0 Å². The largest absolute Gasteiger partial charge is 0.357 e. The minimum atomic E-state index is -0.0214. The molecule has 2 heterocycles. The zero-order chi connectivity index (χ0) is 20.0. The Hall–Kier alpha value is -0.600. The lowest BCUT2D eigenvalue weighted by molar-refractivity contribution is -0.114. The predicted molar refractivity (Wildman–Crippen MR) is 118 cm³/mol. The van der Waals surface area contributed by atoms with E-state index in [4.69, 9.17) is 4.74 Å². The number of fused-ring (bicyclic) bond motifs is 7. The van der Waals surface area contributed by atoms with Crippen molar-refractivity contribution in [3.05, 3.63) is 23.8 Å². The van der Waals surface area contributed by atoms with Crippen molar-refractivity contribution in [1.29, 1.82) is 0 Å². The highest BCUT2D eigenvalue weighted by Gasteiger charge is 2.67. The number of nitrogens with one attached hydrogen (secondary N) is 1. The fourth-order valence-electron chi connectivity index (χ4n) is 9.50. The summed E-state index contributed by atoms with van der Waals surface area (Å²) in [4.78, 5) is 0. The van der Waals surface area contributed by atoms with Gasteiger partial charge in [0.2, 0.25) is 0 Å². The average Bonchev–Trinajstić information content (AvgIpc) is 3.15. The van der Waals surface area contributed by atoms with E-state index in [2.05, 4.69) is 51.2 Å². The third-order valence-electron chi connectivity index (χ3n) is 11.1. The summed E-state index contributed by atoms with van der Waals surface area (Å²) in [5, 5.41) is 3.90. The van der Waals surface area contributed by atoms with E-state index in [1.165, 1.54) is 51.4 Å². The Morgan fingerprint density at radius 1 is 1.07 bits per heavy atom. The second kappa shape index (κ2) is 6.22. The molecule has 2 aliphatic heterocycles. The van der Waals surface area contributed by atoms with Crippen LogP contribution in [-0.4, -0.2) is 18.4 Å². The fourth-order valence-corrected chi connectivity index (χ4v) is 9.50. The quantitative estimate of drug-likeness (QED) is 0.536. The summed E-state index contributed by atoms with van der Waals surface area (Å²) < 4.78 is 7.01. The standard InChI is InChI=1S/C27H41NO/c1-17-10-14-27(28-16-17)18(2)24-23(29-27)15-22-20-9-8-19-7-5-6-12-25(19,3)21(20)11-13-26(22,24)4/h5,7-8,17-18,20-24,28H,6,9-16H2,1-4H3/t17-,18-,20+,21-,22-,23+,24-,25+,26+,27+/m1/s1. The normalized spacial score (nSPS) is 58.3. The van der Waals surface area contributed by atoms with Crippen molar-refractivity contribution >= 4 is 0 Å². The number of piperidine rings is 1. The zero-order valence-electron chi connectivity index (χ0n) is 19.0. The van der Waals surface area contributed by atoms with Crippen molar-refractivity contribution in [3.8, 4) is 0 Å². The summed E-state index contributed by atoms with van der Waals surface area (Å²) >= 11 is 0. The van der Waals surface area contributed by atoms with Crippen molar-refractivity contribution in [2.75, 3.05) is 6.54 Å². The van der Waals surface area contributed by atoms with Gasteiger partial charge in [-0.2, -0.15) is 0 Å². The predicted octanol–water partition coefficient (Wildman–Crippen LogP) is 6.09. The number of rotatable bonds is 0. The molecule has 0 aromatic heterocycles. The van der Waals surface area contributed by atoms with E-state index in [1.807, 2.05) is 0 Å². The highest BCUT2D eigenvalue weighted by Crippen LogP contribution is 2.69. The first kappa shape index (κ1) is 19.1. The van der Waals surface area contributed by atoms with Crippen LogP contribution in [0, 0.1) is 46.3 Å². The van der Waals surface area contributed by atoms with E-state index in [0.717, 1.165) is 36.1 Å².